The van der Waals surface area contributed by atoms with Crippen LogP contribution in [0.3, 0.4) is 0 Å². The largest absolute Gasteiger partial charge is 0.478 e. The number of nitrogens with one attached hydrogen (secondary N) is 1. The van der Waals surface area contributed by atoms with Gasteiger partial charge in [-0.1, -0.05) is 6.07 Å². The fourth-order valence-electron chi connectivity index (χ4n) is 1.60. The van der Waals surface area contributed by atoms with Crippen LogP contribution < -0.4 is 5.32 Å². The number of benzene rings is 1. The number of carbonyl (C=O) groups is 1. The normalized spacial score (nSPS) is 10.9. The number of carboxylic acids is 1. The first kappa shape index (κ1) is 14.6. The lowest BCUT2D eigenvalue weighted by atomic mass is 10.1. The minimum atomic E-state index is -1.24. The number of carboxylic acid groups (broad SMARTS) is 1. The van der Waals surface area contributed by atoms with Crippen LogP contribution in [0.4, 0.5) is 4.39 Å². The molecule has 0 aromatic heterocycles. The number of nitrogens with zero attached hydrogens (tertiary/aromatic N) is 1. The quantitative estimate of drug-likeness (QED) is 0.725. The van der Waals surface area contributed by atoms with Gasteiger partial charge in [-0.3, -0.25) is 0 Å². The van der Waals surface area contributed by atoms with Gasteiger partial charge in [-0.25, -0.2) is 9.18 Å². The predicted molar refractivity (Wildman–Crippen MR) is 68.2 cm³/mol. The third kappa shape index (κ3) is 4.81. The van der Waals surface area contributed by atoms with Crippen molar-refractivity contribution in [1.29, 1.82) is 0 Å². The van der Waals surface area contributed by atoms with Crippen molar-refractivity contribution in [2.75, 3.05) is 27.2 Å². The minimum absolute atomic E-state index is 0.286. The van der Waals surface area contributed by atoms with Crippen molar-refractivity contribution in [3.8, 4) is 0 Å². The Morgan fingerprint density at radius 1 is 1.44 bits per heavy atom. The second-order valence-corrected chi connectivity index (χ2v) is 4.45. The van der Waals surface area contributed by atoms with Gasteiger partial charge in [-0.15, -0.1) is 0 Å². The third-order valence-electron chi connectivity index (χ3n) is 2.55. The Hall–Kier alpha value is -1.46. The molecule has 0 spiro atoms. The van der Waals surface area contributed by atoms with E-state index in [2.05, 4.69) is 10.2 Å². The molecule has 0 radical (unpaired) electrons. The van der Waals surface area contributed by atoms with Crippen LogP contribution in [-0.4, -0.2) is 43.2 Å². The zero-order valence-electron chi connectivity index (χ0n) is 10.7. The van der Waals surface area contributed by atoms with E-state index in [0.29, 0.717) is 6.54 Å². The number of halogens is 1. The van der Waals surface area contributed by atoms with Crippen molar-refractivity contribution in [1.82, 2.24) is 10.2 Å². The van der Waals surface area contributed by atoms with E-state index in [-0.39, 0.29) is 5.56 Å². The fourth-order valence-corrected chi connectivity index (χ4v) is 1.60. The van der Waals surface area contributed by atoms with Crippen LogP contribution in [0, 0.1) is 5.82 Å². The van der Waals surface area contributed by atoms with E-state index in [0.717, 1.165) is 25.1 Å². The summed E-state index contributed by atoms with van der Waals surface area (Å²) in [5.74, 6) is -1.92. The molecule has 2 N–H and O–H groups in total. The molecule has 0 aliphatic rings. The lowest BCUT2D eigenvalue weighted by Crippen LogP contribution is -2.21. The second kappa shape index (κ2) is 7.08. The molecule has 0 saturated heterocycles. The van der Waals surface area contributed by atoms with E-state index >= 15 is 0 Å². The molecule has 1 aromatic carbocycles. The lowest BCUT2D eigenvalue weighted by molar-refractivity contribution is 0.0692. The molecule has 0 aliphatic heterocycles. The maximum Gasteiger partial charge on any atom is 0.338 e. The van der Waals surface area contributed by atoms with E-state index in [1.54, 1.807) is 6.07 Å². The molecule has 4 nitrogen and oxygen atoms in total. The Labute approximate surface area is 106 Å². The first-order valence-corrected chi connectivity index (χ1v) is 5.88. The van der Waals surface area contributed by atoms with Crippen molar-refractivity contribution in [3.05, 3.63) is 35.1 Å². The number of hydrogen-bond donors (Lipinski definition) is 2. The van der Waals surface area contributed by atoms with Crippen molar-refractivity contribution >= 4 is 5.97 Å². The van der Waals surface area contributed by atoms with Crippen LogP contribution in [0.1, 0.15) is 22.3 Å². The summed E-state index contributed by atoms with van der Waals surface area (Å²) in [5.41, 5.74) is 0.466. The molecule has 0 saturated carbocycles. The molecular formula is C13H19FN2O2. The maximum atomic E-state index is 13.4. The Morgan fingerprint density at radius 2 is 2.17 bits per heavy atom. The summed E-state index contributed by atoms with van der Waals surface area (Å²) in [4.78, 5) is 12.7. The first-order valence-electron chi connectivity index (χ1n) is 5.88. The summed E-state index contributed by atoms with van der Waals surface area (Å²) in [7, 11) is 4.03. The molecule has 0 unspecified atom stereocenters. The Bertz CT molecular complexity index is 408. The molecule has 18 heavy (non-hydrogen) atoms. The number of aromatic carboxylic acids is 1. The highest BCUT2D eigenvalue weighted by molar-refractivity contribution is 5.87. The van der Waals surface area contributed by atoms with Gasteiger partial charge < -0.3 is 15.3 Å². The van der Waals surface area contributed by atoms with Crippen molar-refractivity contribution < 1.29 is 14.3 Å². The average Bonchev–Trinajstić information content (AvgIpc) is 2.27. The monoisotopic (exact) mass is 254 g/mol. The summed E-state index contributed by atoms with van der Waals surface area (Å²) in [6.45, 7) is 2.39. The molecule has 1 aromatic rings. The molecule has 0 amide bonds. The molecular weight excluding hydrogens is 235 g/mol. The standard InChI is InChI=1S/C13H19FN2O2/c1-16(2)7-3-6-15-9-10-4-5-11(13(17)18)12(14)8-10/h4-5,8,15H,3,6-7,9H2,1-2H3,(H,17,18). The van der Waals surface area contributed by atoms with Gasteiger partial charge >= 0.3 is 5.97 Å². The van der Waals surface area contributed by atoms with Crippen molar-refractivity contribution in [2.45, 2.75) is 13.0 Å². The summed E-state index contributed by atoms with van der Waals surface area (Å²) in [6, 6.07) is 4.20. The van der Waals surface area contributed by atoms with E-state index in [1.165, 1.54) is 12.1 Å². The Kier molecular flexibility index (Phi) is 5.74. The lowest BCUT2D eigenvalue weighted by Gasteiger charge is -2.10. The molecule has 0 fully saturated rings. The minimum Gasteiger partial charge on any atom is -0.478 e. The molecule has 0 bridgehead atoms. The summed E-state index contributed by atoms with van der Waals surface area (Å²) in [5, 5.41) is 11.9. The van der Waals surface area contributed by atoms with Crippen LogP contribution in [-0.2, 0) is 6.54 Å². The third-order valence-corrected chi connectivity index (χ3v) is 2.55. The first-order chi connectivity index (χ1) is 8.50. The Morgan fingerprint density at radius 3 is 2.72 bits per heavy atom. The topological polar surface area (TPSA) is 52.6 Å². The number of rotatable bonds is 7. The maximum absolute atomic E-state index is 13.4. The number of hydrogen-bond acceptors (Lipinski definition) is 3. The highest BCUT2D eigenvalue weighted by Gasteiger charge is 2.09. The second-order valence-electron chi connectivity index (χ2n) is 4.45. The van der Waals surface area contributed by atoms with Gasteiger partial charge in [0.15, 0.2) is 0 Å². The van der Waals surface area contributed by atoms with Crippen LogP contribution in [0.5, 0.6) is 0 Å². The zero-order valence-corrected chi connectivity index (χ0v) is 10.7. The van der Waals surface area contributed by atoms with E-state index < -0.39 is 11.8 Å². The predicted octanol–water partition coefficient (Wildman–Crippen LogP) is 1.57. The van der Waals surface area contributed by atoms with Gasteiger partial charge in [-0.05, 0) is 51.3 Å². The van der Waals surface area contributed by atoms with Gasteiger partial charge in [0.1, 0.15) is 5.82 Å². The van der Waals surface area contributed by atoms with Crippen LogP contribution in [0.15, 0.2) is 18.2 Å². The van der Waals surface area contributed by atoms with E-state index in [4.69, 9.17) is 5.11 Å². The van der Waals surface area contributed by atoms with Crippen LogP contribution in [0.25, 0.3) is 0 Å². The molecule has 0 atom stereocenters. The SMILES string of the molecule is CN(C)CCCNCc1ccc(C(=O)O)c(F)c1. The van der Waals surface area contributed by atoms with Crippen LogP contribution >= 0.6 is 0 Å². The van der Waals surface area contributed by atoms with Gasteiger partial charge in [0.25, 0.3) is 0 Å². The van der Waals surface area contributed by atoms with Crippen molar-refractivity contribution in [2.24, 2.45) is 0 Å². The van der Waals surface area contributed by atoms with Gasteiger partial charge in [0, 0.05) is 6.54 Å². The molecule has 5 heteroatoms. The highest BCUT2D eigenvalue weighted by atomic mass is 19.1. The van der Waals surface area contributed by atoms with E-state index in [1.807, 2.05) is 14.1 Å². The summed E-state index contributed by atoms with van der Waals surface area (Å²) in [6.07, 6.45) is 1.02. The zero-order chi connectivity index (χ0) is 13.5. The van der Waals surface area contributed by atoms with Crippen LogP contribution in [0.2, 0.25) is 0 Å². The molecule has 0 aliphatic carbocycles. The average molecular weight is 254 g/mol. The summed E-state index contributed by atoms with van der Waals surface area (Å²) >= 11 is 0. The smallest absolute Gasteiger partial charge is 0.338 e. The van der Waals surface area contributed by atoms with Gasteiger partial charge in [0.2, 0.25) is 0 Å². The van der Waals surface area contributed by atoms with E-state index in [9.17, 15) is 9.18 Å². The molecule has 100 valence electrons. The highest BCUT2D eigenvalue weighted by Crippen LogP contribution is 2.10. The summed E-state index contributed by atoms with van der Waals surface area (Å²) < 4.78 is 13.4. The van der Waals surface area contributed by atoms with Crippen molar-refractivity contribution in [3.63, 3.8) is 0 Å². The molecule has 0 heterocycles. The Balaban J connectivity index is 2.39. The molecule has 1 rings (SSSR count). The fraction of sp³-hybridized carbons (Fsp3) is 0.462. The van der Waals surface area contributed by atoms with Gasteiger partial charge in [0.05, 0.1) is 5.56 Å². The van der Waals surface area contributed by atoms with Gasteiger partial charge in [-0.2, -0.15) is 0 Å².